The summed E-state index contributed by atoms with van der Waals surface area (Å²) >= 11 is 0. The van der Waals surface area contributed by atoms with E-state index >= 15 is 0 Å². The second-order valence-corrected chi connectivity index (χ2v) is 7.64. The van der Waals surface area contributed by atoms with E-state index in [1.165, 1.54) is 0 Å². The molecule has 3 nitrogen and oxygen atoms in total. The zero-order valence-corrected chi connectivity index (χ0v) is 13.0. The van der Waals surface area contributed by atoms with E-state index in [1.54, 1.807) is 6.07 Å². The van der Waals surface area contributed by atoms with Crippen molar-refractivity contribution in [3.8, 4) is 11.5 Å². The van der Waals surface area contributed by atoms with Gasteiger partial charge in [0.25, 0.3) is 0 Å². The number of hydrogen-bond acceptors (Lipinski definition) is 3. The second kappa shape index (κ2) is 4.89. The van der Waals surface area contributed by atoms with Gasteiger partial charge in [0.05, 0.1) is 17.3 Å². The molecule has 2 saturated carbocycles. The van der Waals surface area contributed by atoms with Crippen LogP contribution < -0.4 is 4.74 Å². The maximum absolute atomic E-state index is 10.5. The quantitative estimate of drug-likeness (QED) is 0.833. The first-order valence-electron chi connectivity index (χ1n) is 9.92. The Kier molecular flexibility index (Phi) is 2.52. The summed E-state index contributed by atoms with van der Waals surface area (Å²) in [7, 11) is -2.57. The van der Waals surface area contributed by atoms with Crippen molar-refractivity contribution in [3.63, 3.8) is 0 Å². The van der Waals surface area contributed by atoms with Gasteiger partial charge in [-0.05, 0) is 73.3 Å². The highest BCUT2D eigenvalue weighted by atomic mass is 16.5. The zero-order valence-electron chi connectivity index (χ0n) is 16.0. The smallest absolute Gasteiger partial charge is 0.163 e. The lowest BCUT2D eigenvalue weighted by molar-refractivity contribution is -0.0227. The molecule has 0 aromatic heterocycles. The first kappa shape index (κ1) is 11.3. The van der Waals surface area contributed by atoms with Crippen LogP contribution in [0.25, 0.3) is 0 Å². The van der Waals surface area contributed by atoms with Crippen molar-refractivity contribution in [2.24, 2.45) is 17.3 Å². The molecule has 120 valence electrons. The molecule has 3 heteroatoms. The minimum atomic E-state index is -2.57. The molecule has 0 radical (unpaired) electrons. The molecule has 3 unspecified atom stereocenters. The monoisotopic (exact) mass is 305 g/mol. The molecule has 5 atom stereocenters. The second-order valence-electron chi connectivity index (χ2n) is 7.64. The Morgan fingerprint density at radius 1 is 1.27 bits per heavy atom. The van der Waals surface area contributed by atoms with Gasteiger partial charge in [0.2, 0.25) is 0 Å². The number of aromatic hydroxyl groups is 1. The molecule has 0 amide bonds. The fourth-order valence-electron chi connectivity index (χ4n) is 5.71. The third kappa shape index (κ3) is 1.78. The SMILES string of the molecule is [2H]C([2H])([2H])Oc1c(O)ccc2c1CCC1C2CC[C@]2(C)C1CC[C@H]2O. The summed E-state index contributed by atoms with van der Waals surface area (Å²) in [5.41, 5.74) is 2.02. The number of benzene rings is 1. The van der Waals surface area contributed by atoms with Gasteiger partial charge >= 0.3 is 0 Å². The number of aliphatic hydroxyl groups is 1. The third-order valence-electron chi connectivity index (χ3n) is 6.89. The van der Waals surface area contributed by atoms with Gasteiger partial charge < -0.3 is 14.9 Å². The van der Waals surface area contributed by atoms with E-state index in [2.05, 4.69) is 6.92 Å². The fourth-order valence-corrected chi connectivity index (χ4v) is 5.71. The number of aliphatic hydroxyl groups excluding tert-OH is 1. The van der Waals surface area contributed by atoms with Crippen LogP contribution >= 0.6 is 0 Å². The van der Waals surface area contributed by atoms with E-state index in [0.717, 1.165) is 49.7 Å². The number of hydrogen-bond donors (Lipinski definition) is 2. The van der Waals surface area contributed by atoms with Crippen LogP contribution in [0, 0.1) is 17.3 Å². The van der Waals surface area contributed by atoms with E-state index in [4.69, 9.17) is 8.85 Å². The number of methoxy groups -OCH3 is 1. The van der Waals surface area contributed by atoms with Gasteiger partial charge in [-0.2, -0.15) is 0 Å². The first-order chi connectivity index (χ1) is 11.7. The Morgan fingerprint density at radius 2 is 2.14 bits per heavy atom. The molecule has 3 aliphatic carbocycles. The summed E-state index contributed by atoms with van der Waals surface area (Å²) in [6.07, 6.45) is 5.44. The molecule has 0 bridgehead atoms. The molecule has 1 aromatic carbocycles. The van der Waals surface area contributed by atoms with Crippen LogP contribution in [0.1, 0.15) is 60.2 Å². The van der Waals surface area contributed by atoms with Crippen LogP contribution in [0.5, 0.6) is 11.5 Å². The van der Waals surface area contributed by atoms with Crippen molar-refractivity contribution in [1.82, 2.24) is 0 Å². The standard InChI is InChI=1S/C19H26O3/c1-19-10-9-12-11-5-7-16(20)18(22-2)14(11)4-3-13(12)15(19)6-8-17(19)21/h5,7,12-13,15,17,20-21H,3-4,6,8-10H2,1-2H3/t12?,13?,15?,17-,19-/m1/s1/i2D3. The average Bonchev–Trinajstić information content (AvgIpc) is 2.84. The normalized spacial score (nSPS) is 42.4. The summed E-state index contributed by atoms with van der Waals surface area (Å²) in [6, 6.07) is 3.52. The minimum absolute atomic E-state index is 0.0214. The predicted octanol–water partition coefficient (Wildman–Crippen LogP) is 3.62. The van der Waals surface area contributed by atoms with Gasteiger partial charge in [-0.1, -0.05) is 13.0 Å². The van der Waals surface area contributed by atoms with Crippen molar-refractivity contribution in [3.05, 3.63) is 23.3 Å². The van der Waals surface area contributed by atoms with Gasteiger partial charge in [0.1, 0.15) is 0 Å². The molecule has 1 aromatic rings. The lowest BCUT2D eigenvalue weighted by Crippen LogP contribution is -2.43. The summed E-state index contributed by atoms with van der Waals surface area (Å²) in [5.74, 6) is 1.46. The van der Waals surface area contributed by atoms with E-state index in [1.807, 2.05) is 6.07 Å². The summed E-state index contributed by atoms with van der Waals surface area (Å²) in [6.45, 7) is 2.24. The lowest BCUT2D eigenvalue weighted by Gasteiger charge is -2.50. The van der Waals surface area contributed by atoms with Crippen molar-refractivity contribution in [2.45, 2.75) is 57.5 Å². The van der Waals surface area contributed by atoms with Crippen molar-refractivity contribution in [1.29, 1.82) is 0 Å². The molecule has 4 rings (SSSR count). The zero-order chi connectivity index (χ0) is 18.0. The summed E-state index contributed by atoms with van der Waals surface area (Å²) < 4.78 is 27.3. The highest BCUT2D eigenvalue weighted by Gasteiger charge is 2.54. The van der Waals surface area contributed by atoms with Crippen LogP contribution in [0.3, 0.4) is 0 Å². The Bertz CT molecular complexity index is 687. The van der Waals surface area contributed by atoms with Crippen LogP contribution in [-0.2, 0) is 6.42 Å². The third-order valence-corrected chi connectivity index (χ3v) is 6.89. The fraction of sp³-hybridized carbons (Fsp3) is 0.684. The van der Waals surface area contributed by atoms with Gasteiger partial charge in [-0.15, -0.1) is 0 Å². The summed E-state index contributed by atoms with van der Waals surface area (Å²) in [4.78, 5) is 0. The van der Waals surface area contributed by atoms with Crippen LogP contribution in [0.4, 0.5) is 0 Å². The Hall–Kier alpha value is -1.22. The number of phenolic OH excluding ortho intramolecular Hbond substituents is 1. The highest BCUT2D eigenvalue weighted by molar-refractivity contribution is 5.52. The van der Waals surface area contributed by atoms with Gasteiger partial charge in [0, 0.05) is 5.56 Å². The molecular formula is C19H26O3. The van der Waals surface area contributed by atoms with Crippen molar-refractivity contribution >= 4 is 0 Å². The van der Waals surface area contributed by atoms with E-state index in [9.17, 15) is 10.2 Å². The molecule has 0 heterocycles. The summed E-state index contributed by atoms with van der Waals surface area (Å²) in [5, 5.41) is 20.6. The van der Waals surface area contributed by atoms with Crippen molar-refractivity contribution < 1.29 is 19.1 Å². The number of fused-ring (bicyclic) bond motifs is 5. The predicted molar refractivity (Wildman–Crippen MR) is 85.3 cm³/mol. The maximum atomic E-state index is 10.5. The first-order valence-corrected chi connectivity index (χ1v) is 8.42. The molecule has 2 N–H and O–H groups in total. The van der Waals surface area contributed by atoms with Gasteiger partial charge in [-0.25, -0.2) is 0 Å². The molecule has 0 aliphatic heterocycles. The van der Waals surface area contributed by atoms with E-state index < -0.39 is 7.04 Å². The average molecular weight is 305 g/mol. The number of phenols is 1. The molecule has 0 spiro atoms. The molecule has 3 aliphatic rings. The molecule has 0 saturated heterocycles. The number of ether oxygens (including phenoxy) is 1. The Morgan fingerprint density at radius 3 is 2.95 bits per heavy atom. The highest BCUT2D eigenvalue weighted by Crippen LogP contribution is 2.61. The van der Waals surface area contributed by atoms with Gasteiger partial charge in [0.15, 0.2) is 11.5 Å². The lowest BCUT2D eigenvalue weighted by atomic mass is 9.55. The van der Waals surface area contributed by atoms with Crippen LogP contribution in [0.15, 0.2) is 12.1 Å². The molecular weight excluding hydrogens is 276 g/mol. The number of rotatable bonds is 1. The Labute approximate surface area is 136 Å². The maximum Gasteiger partial charge on any atom is 0.163 e. The molecule has 2 fully saturated rings. The van der Waals surface area contributed by atoms with Gasteiger partial charge in [-0.3, -0.25) is 0 Å². The van der Waals surface area contributed by atoms with Crippen LogP contribution in [0.2, 0.25) is 0 Å². The molecule has 22 heavy (non-hydrogen) atoms. The minimum Gasteiger partial charge on any atom is -0.504 e. The van der Waals surface area contributed by atoms with Crippen molar-refractivity contribution in [2.75, 3.05) is 7.04 Å². The Balaban J connectivity index is 1.71. The largest absolute Gasteiger partial charge is 0.504 e. The van der Waals surface area contributed by atoms with E-state index in [0.29, 0.717) is 17.8 Å². The van der Waals surface area contributed by atoms with E-state index in [-0.39, 0.29) is 23.0 Å². The topological polar surface area (TPSA) is 49.7 Å². The van der Waals surface area contributed by atoms with Crippen LogP contribution in [-0.4, -0.2) is 23.4 Å².